The van der Waals surface area contributed by atoms with Crippen LogP contribution >= 0.6 is 11.8 Å². The highest BCUT2D eigenvalue weighted by Gasteiger charge is 2.24. The average molecular weight is 534 g/mol. The summed E-state index contributed by atoms with van der Waals surface area (Å²) in [6.07, 6.45) is 1.60. The van der Waals surface area contributed by atoms with Crippen LogP contribution in [-0.4, -0.2) is 76.3 Å². The number of aromatic nitrogens is 3. The van der Waals surface area contributed by atoms with Crippen molar-refractivity contribution < 1.29 is 23.4 Å². The molecule has 2 aromatic carbocycles. The summed E-state index contributed by atoms with van der Waals surface area (Å²) in [5.41, 5.74) is 2.03. The molecule has 0 aliphatic carbocycles. The molecule has 196 valence electrons. The van der Waals surface area contributed by atoms with Crippen molar-refractivity contribution >= 4 is 17.7 Å². The first-order chi connectivity index (χ1) is 18.7. The second-order valence-electron chi connectivity index (χ2n) is 8.95. The Hall–Kier alpha value is -3.96. The minimum Gasteiger partial charge on any atom is -0.497 e. The molecule has 4 heterocycles. The molecule has 4 aromatic rings. The second kappa shape index (κ2) is 10.8. The summed E-state index contributed by atoms with van der Waals surface area (Å²) in [6.45, 7) is 4.09. The fourth-order valence-corrected chi connectivity index (χ4v) is 5.42. The lowest BCUT2D eigenvalue weighted by Crippen LogP contribution is -2.48. The van der Waals surface area contributed by atoms with Gasteiger partial charge in [0.05, 0.1) is 24.8 Å². The lowest BCUT2D eigenvalue weighted by atomic mass is 10.1. The standard InChI is InChI=1S/C27H27N5O5S/c1-34-21-7-5-20(6-8-21)32-26(23-3-2-14-35-23)28-29-27(32)38-17-25(33)31-12-10-30(11-13-31)16-19-4-9-22-24(15-19)37-18-36-22/h2-9,14-15H,10-13,16-18H2,1H3. The van der Waals surface area contributed by atoms with Crippen molar-refractivity contribution in [2.75, 3.05) is 45.8 Å². The van der Waals surface area contributed by atoms with Crippen molar-refractivity contribution in [3.63, 3.8) is 0 Å². The predicted octanol–water partition coefficient (Wildman–Crippen LogP) is 3.70. The number of carbonyl (C=O) groups excluding carboxylic acids is 1. The molecule has 0 unspecified atom stereocenters. The molecule has 1 saturated heterocycles. The number of carbonyl (C=O) groups is 1. The van der Waals surface area contributed by atoms with Crippen LogP contribution in [0.15, 0.2) is 70.4 Å². The highest BCUT2D eigenvalue weighted by Crippen LogP contribution is 2.33. The fraction of sp³-hybridized carbons (Fsp3) is 0.296. The Morgan fingerprint density at radius 3 is 2.58 bits per heavy atom. The highest BCUT2D eigenvalue weighted by molar-refractivity contribution is 7.99. The number of thioether (sulfide) groups is 1. The minimum absolute atomic E-state index is 0.0848. The van der Waals surface area contributed by atoms with Gasteiger partial charge in [0.15, 0.2) is 22.4 Å². The molecule has 0 bridgehead atoms. The zero-order chi connectivity index (χ0) is 25.9. The van der Waals surface area contributed by atoms with Gasteiger partial charge in [-0.15, -0.1) is 10.2 Å². The van der Waals surface area contributed by atoms with Crippen LogP contribution in [0.2, 0.25) is 0 Å². The van der Waals surface area contributed by atoms with Gasteiger partial charge in [-0.05, 0) is 54.1 Å². The molecule has 38 heavy (non-hydrogen) atoms. The molecule has 6 rings (SSSR count). The molecule has 0 radical (unpaired) electrons. The first-order valence-corrected chi connectivity index (χ1v) is 13.3. The van der Waals surface area contributed by atoms with Gasteiger partial charge in [-0.3, -0.25) is 14.3 Å². The van der Waals surface area contributed by atoms with Gasteiger partial charge in [0, 0.05) is 32.7 Å². The van der Waals surface area contributed by atoms with E-state index in [1.165, 1.54) is 17.3 Å². The summed E-state index contributed by atoms with van der Waals surface area (Å²) >= 11 is 1.37. The Bertz CT molecular complexity index is 1400. The topological polar surface area (TPSA) is 95.1 Å². The lowest BCUT2D eigenvalue weighted by Gasteiger charge is -2.34. The summed E-state index contributed by atoms with van der Waals surface area (Å²) < 4.78 is 23.7. The van der Waals surface area contributed by atoms with E-state index in [1.54, 1.807) is 13.4 Å². The molecular weight excluding hydrogens is 506 g/mol. The van der Waals surface area contributed by atoms with Crippen LogP contribution < -0.4 is 14.2 Å². The Morgan fingerprint density at radius 1 is 1.00 bits per heavy atom. The van der Waals surface area contributed by atoms with E-state index in [1.807, 2.05) is 58.0 Å². The summed E-state index contributed by atoms with van der Waals surface area (Å²) in [4.78, 5) is 17.4. The van der Waals surface area contributed by atoms with E-state index in [0.29, 0.717) is 29.8 Å². The number of furan rings is 1. The molecular formula is C27H27N5O5S. The Labute approximate surface area is 224 Å². The molecule has 2 aliphatic rings. The third-order valence-corrected chi connectivity index (χ3v) is 7.51. The van der Waals surface area contributed by atoms with Gasteiger partial charge in [0.25, 0.3) is 0 Å². The Morgan fingerprint density at radius 2 is 1.82 bits per heavy atom. The Kier molecular flexibility index (Phi) is 6.93. The first-order valence-electron chi connectivity index (χ1n) is 12.3. The van der Waals surface area contributed by atoms with Crippen molar-refractivity contribution in [2.24, 2.45) is 0 Å². The van der Waals surface area contributed by atoms with E-state index in [4.69, 9.17) is 18.6 Å². The van der Waals surface area contributed by atoms with Crippen LogP contribution in [0.25, 0.3) is 17.3 Å². The molecule has 0 spiro atoms. The van der Waals surface area contributed by atoms with Crippen LogP contribution in [0.4, 0.5) is 0 Å². The molecule has 0 saturated carbocycles. The number of fused-ring (bicyclic) bond motifs is 1. The molecule has 2 aromatic heterocycles. The summed E-state index contributed by atoms with van der Waals surface area (Å²) in [5.74, 6) is 3.88. The third-order valence-electron chi connectivity index (χ3n) is 6.60. The predicted molar refractivity (Wildman–Crippen MR) is 141 cm³/mol. The molecule has 0 atom stereocenters. The third kappa shape index (κ3) is 5.07. The number of hydrogen-bond donors (Lipinski definition) is 0. The maximum absolute atomic E-state index is 13.1. The number of rotatable bonds is 8. The van der Waals surface area contributed by atoms with E-state index >= 15 is 0 Å². The number of amides is 1. The number of ether oxygens (including phenoxy) is 3. The van der Waals surface area contributed by atoms with E-state index in [9.17, 15) is 4.79 Å². The second-order valence-corrected chi connectivity index (χ2v) is 9.89. The summed E-state index contributed by atoms with van der Waals surface area (Å²) in [5, 5.41) is 9.36. The van der Waals surface area contributed by atoms with Gasteiger partial charge in [-0.2, -0.15) is 0 Å². The minimum atomic E-state index is 0.0848. The van der Waals surface area contributed by atoms with Crippen molar-refractivity contribution in [1.29, 1.82) is 0 Å². The van der Waals surface area contributed by atoms with Gasteiger partial charge in [-0.25, -0.2) is 0 Å². The molecule has 1 amide bonds. The highest BCUT2D eigenvalue weighted by atomic mass is 32.2. The van der Waals surface area contributed by atoms with Crippen LogP contribution in [0.1, 0.15) is 5.56 Å². The van der Waals surface area contributed by atoms with E-state index < -0.39 is 0 Å². The van der Waals surface area contributed by atoms with E-state index in [2.05, 4.69) is 21.2 Å². The summed E-state index contributed by atoms with van der Waals surface area (Å²) in [7, 11) is 1.63. The number of hydrogen-bond acceptors (Lipinski definition) is 9. The van der Waals surface area contributed by atoms with E-state index in [-0.39, 0.29) is 18.5 Å². The van der Waals surface area contributed by atoms with Crippen molar-refractivity contribution in [3.8, 4) is 34.5 Å². The lowest BCUT2D eigenvalue weighted by molar-refractivity contribution is -0.130. The first kappa shape index (κ1) is 24.4. The zero-order valence-electron chi connectivity index (χ0n) is 20.9. The number of methoxy groups -OCH3 is 1. The number of piperazine rings is 1. The smallest absolute Gasteiger partial charge is 0.233 e. The van der Waals surface area contributed by atoms with Crippen molar-refractivity contribution in [2.45, 2.75) is 11.7 Å². The summed E-state index contributed by atoms with van der Waals surface area (Å²) in [6, 6.07) is 17.3. The van der Waals surface area contributed by atoms with Crippen LogP contribution in [0.3, 0.4) is 0 Å². The maximum Gasteiger partial charge on any atom is 0.233 e. The van der Waals surface area contributed by atoms with Crippen molar-refractivity contribution in [3.05, 3.63) is 66.4 Å². The maximum atomic E-state index is 13.1. The van der Waals surface area contributed by atoms with Gasteiger partial charge < -0.3 is 23.5 Å². The van der Waals surface area contributed by atoms with E-state index in [0.717, 1.165) is 42.6 Å². The number of nitrogens with zero attached hydrogens (tertiary/aromatic N) is 5. The number of benzene rings is 2. The van der Waals surface area contributed by atoms with Crippen LogP contribution in [-0.2, 0) is 11.3 Å². The molecule has 2 aliphatic heterocycles. The van der Waals surface area contributed by atoms with Crippen LogP contribution in [0, 0.1) is 0 Å². The molecule has 11 heteroatoms. The SMILES string of the molecule is COc1ccc(-n2c(SCC(=O)N3CCN(Cc4ccc5c(c4)OCO5)CC3)nnc2-c2ccco2)cc1. The molecule has 10 nitrogen and oxygen atoms in total. The quantitative estimate of drug-likeness (QED) is 0.314. The average Bonchev–Trinajstić information content (AvgIpc) is 3.73. The zero-order valence-corrected chi connectivity index (χ0v) is 21.7. The monoisotopic (exact) mass is 533 g/mol. The molecule has 0 N–H and O–H groups in total. The fourth-order valence-electron chi connectivity index (χ4n) is 4.56. The van der Waals surface area contributed by atoms with Crippen molar-refractivity contribution in [1.82, 2.24) is 24.6 Å². The Balaban J connectivity index is 1.08. The van der Waals surface area contributed by atoms with Crippen LogP contribution in [0.5, 0.6) is 17.2 Å². The largest absolute Gasteiger partial charge is 0.497 e. The van der Waals surface area contributed by atoms with Gasteiger partial charge in [0.2, 0.25) is 18.5 Å². The van der Waals surface area contributed by atoms with Gasteiger partial charge in [0.1, 0.15) is 5.75 Å². The molecule has 1 fully saturated rings. The van der Waals surface area contributed by atoms with Gasteiger partial charge >= 0.3 is 0 Å². The normalized spacial score (nSPS) is 15.1. The van der Waals surface area contributed by atoms with Gasteiger partial charge in [-0.1, -0.05) is 17.8 Å².